The van der Waals surface area contributed by atoms with Crippen LogP contribution in [-0.4, -0.2) is 49.8 Å². The van der Waals surface area contributed by atoms with Crippen molar-refractivity contribution in [2.75, 3.05) is 38.6 Å². The molecule has 104 valence electrons. The predicted octanol–water partition coefficient (Wildman–Crippen LogP) is 1.71. The van der Waals surface area contributed by atoms with Gasteiger partial charge in [0.25, 0.3) is 0 Å². The Morgan fingerprint density at radius 3 is 2.95 bits per heavy atom. The summed E-state index contributed by atoms with van der Waals surface area (Å²) < 4.78 is 6.06. The molecule has 1 heterocycles. The molecule has 1 aromatic carbocycles. The molecule has 5 heteroatoms. The predicted molar refractivity (Wildman–Crippen MR) is 83.0 cm³/mol. The van der Waals surface area contributed by atoms with Crippen molar-refractivity contribution in [3.05, 3.63) is 24.3 Å². The third-order valence-corrected chi connectivity index (χ3v) is 3.86. The van der Waals surface area contributed by atoms with Gasteiger partial charge in [-0.2, -0.15) is 0 Å². The van der Waals surface area contributed by atoms with Crippen LogP contribution in [0.1, 0.15) is 6.92 Å². The second-order valence-corrected chi connectivity index (χ2v) is 5.07. The van der Waals surface area contributed by atoms with E-state index >= 15 is 0 Å². The van der Waals surface area contributed by atoms with Gasteiger partial charge in [-0.15, -0.1) is 0 Å². The van der Waals surface area contributed by atoms with E-state index in [1.807, 2.05) is 37.2 Å². The highest BCUT2D eigenvalue weighted by Crippen LogP contribution is 2.32. The molecule has 0 fully saturated rings. The molecule has 19 heavy (non-hydrogen) atoms. The fourth-order valence-electron chi connectivity index (χ4n) is 2.35. The van der Waals surface area contributed by atoms with Crippen LogP contribution in [0.2, 0.25) is 0 Å². The van der Waals surface area contributed by atoms with Gasteiger partial charge in [0.15, 0.2) is 5.11 Å². The van der Waals surface area contributed by atoms with Crippen molar-refractivity contribution in [1.82, 2.24) is 10.2 Å². The van der Waals surface area contributed by atoms with E-state index < -0.39 is 0 Å². The number of benzene rings is 1. The summed E-state index contributed by atoms with van der Waals surface area (Å²) in [5.41, 5.74) is 1.18. The molecule has 0 aromatic heterocycles. The molecule has 0 amide bonds. The maximum Gasteiger partial charge on any atom is 0.168 e. The first-order chi connectivity index (χ1) is 9.15. The molecule has 4 nitrogen and oxygen atoms in total. The van der Waals surface area contributed by atoms with Crippen molar-refractivity contribution in [1.29, 1.82) is 0 Å². The molecule has 1 aromatic rings. The number of hydrogen-bond donors (Lipinski definition) is 1. The summed E-state index contributed by atoms with van der Waals surface area (Å²) in [7, 11) is 3.83. The number of ether oxygens (including phenoxy) is 1. The van der Waals surface area contributed by atoms with E-state index in [1.165, 1.54) is 5.69 Å². The van der Waals surface area contributed by atoms with Gasteiger partial charge in [-0.05, 0) is 31.3 Å². The van der Waals surface area contributed by atoms with Crippen LogP contribution in [0.5, 0.6) is 5.75 Å². The molecule has 0 unspecified atom stereocenters. The van der Waals surface area contributed by atoms with Crippen LogP contribution in [0, 0.1) is 0 Å². The van der Waals surface area contributed by atoms with Gasteiger partial charge in [0.1, 0.15) is 11.9 Å². The first-order valence-electron chi connectivity index (χ1n) is 6.59. The van der Waals surface area contributed by atoms with E-state index in [2.05, 4.69) is 23.2 Å². The Labute approximate surface area is 120 Å². The fraction of sp³-hybridized carbons (Fsp3) is 0.500. The van der Waals surface area contributed by atoms with Crippen molar-refractivity contribution in [3.63, 3.8) is 0 Å². The van der Waals surface area contributed by atoms with Gasteiger partial charge in [0.05, 0.1) is 18.8 Å². The van der Waals surface area contributed by atoms with Crippen molar-refractivity contribution in [3.8, 4) is 5.75 Å². The number of anilines is 1. The summed E-state index contributed by atoms with van der Waals surface area (Å²) in [5, 5.41) is 3.73. The quantitative estimate of drug-likeness (QED) is 0.850. The molecule has 2 rings (SSSR count). The van der Waals surface area contributed by atoms with Crippen LogP contribution in [-0.2, 0) is 0 Å². The van der Waals surface area contributed by atoms with Crippen LogP contribution in [0.25, 0.3) is 0 Å². The van der Waals surface area contributed by atoms with Crippen LogP contribution < -0.4 is 15.0 Å². The Kier molecular flexibility index (Phi) is 4.47. The number of nitrogens with one attached hydrogen (secondary N) is 1. The summed E-state index contributed by atoms with van der Waals surface area (Å²) in [5.74, 6) is 0.962. The van der Waals surface area contributed by atoms with E-state index in [1.54, 1.807) is 0 Å². The number of fused-ring (bicyclic) bond motifs is 1. The zero-order valence-electron chi connectivity index (χ0n) is 11.7. The molecule has 0 saturated carbocycles. The van der Waals surface area contributed by atoms with Crippen molar-refractivity contribution in [2.24, 2.45) is 0 Å². The lowest BCUT2D eigenvalue weighted by Crippen LogP contribution is -2.48. The van der Waals surface area contributed by atoms with Gasteiger partial charge in [0.2, 0.25) is 0 Å². The fourth-order valence-corrected chi connectivity index (χ4v) is 2.43. The number of likely N-dealkylation sites (N-methyl/N-ethyl adjacent to an activating group) is 2. The topological polar surface area (TPSA) is 27.7 Å². The lowest BCUT2D eigenvalue weighted by atomic mass is 10.2. The van der Waals surface area contributed by atoms with Crippen molar-refractivity contribution < 1.29 is 4.74 Å². The molecular weight excluding hydrogens is 258 g/mol. The summed E-state index contributed by atoms with van der Waals surface area (Å²) in [6.45, 7) is 4.83. The van der Waals surface area contributed by atoms with E-state index in [-0.39, 0.29) is 6.10 Å². The Bertz CT molecular complexity index is 452. The van der Waals surface area contributed by atoms with Gasteiger partial charge >= 0.3 is 0 Å². The summed E-state index contributed by atoms with van der Waals surface area (Å²) in [4.78, 5) is 4.36. The average Bonchev–Trinajstić information content (AvgIpc) is 2.45. The molecular formula is C14H21N3OS. The van der Waals surface area contributed by atoms with E-state index in [0.29, 0.717) is 0 Å². The van der Waals surface area contributed by atoms with E-state index in [9.17, 15) is 0 Å². The lowest BCUT2D eigenvalue weighted by molar-refractivity contribution is 0.168. The largest absolute Gasteiger partial charge is 0.485 e. The highest BCUT2D eigenvalue weighted by atomic mass is 32.1. The van der Waals surface area contributed by atoms with Crippen LogP contribution in [0.4, 0.5) is 5.69 Å². The van der Waals surface area contributed by atoms with Gasteiger partial charge in [-0.1, -0.05) is 12.1 Å². The van der Waals surface area contributed by atoms with Crippen LogP contribution in [0.3, 0.4) is 0 Å². The van der Waals surface area contributed by atoms with Crippen LogP contribution in [0.15, 0.2) is 24.3 Å². The standard InChI is InChI=1S/C14H21N3OS/c1-4-17-10-11(9-16(3)14(19)15-2)18-13-8-6-5-7-12(13)17/h5-8,11H,4,9-10H2,1-3H3,(H,15,19)/t11-/m0/s1. The van der Waals surface area contributed by atoms with Crippen molar-refractivity contribution >= 4 is 23.0 Å². The second kappa shape index (κ2) is 6.10. The number of nitrogens with zero attached hydrogens (tertiary/aromatic N) is 2. The average molecular weight is 279 g/mol. The summed E-state index contributed by atoms with van der Waals surface area (Å²) >= 11 is 5.23. The summed E-state index contributed by atoms with van der Waals surface area (Å²) in [6.07, 6.45) is 0.131. The Morgan fingerprint density at radius 1 is 1.53 bits per heavy atom. The van der Waals surface area contributed by atoms with Gasteiger partial charge < -0.3 is 19.9 Å². The minimum atomic E-state index is 0.131. The first kappa shape index (κ1) is 13.9. The Hall–Kier alpha value is -1.49. The monoisotopic (exact) mass is 279 g/mol. The van der Waals surface area contributed by atoms with E-state index in [0.717, 1.165) is 30.5 Å². The number of rotatable bonds is 3. The number of para-hydroxylation sites is 2. The SMILES string of the molecule is CCN1C[C@H](CN(C)C(=S)NC)Oc2ccccc21. The maximum atomic E-state index is 6.06. The van der Waals surface area contributed by atoms with Crippen LogP contribution >= 0.6 is 12.2 Å². The number of thiocarbonyl (C=S) groups is 1. The first-order valence-corrected chi connectivity index (χ1v) is 7.00. The lowest BCUT2D eigenvalue weighted by Gasteiger charge is -2.37. The molecule has 0 saturated heterocycles. The molecule has 1 N–H and O–H groups in total. The highest BCUT2D eigenvalue weighted by molar-refractivity contribution is 7.80. The van der Waals surface area contributed by atoms with Gasteiger partial charge in [-0.3, -0.25) is 0 Å². The van der Waals surface area contributed by atoms with E-state index in [4.69, 9.17) is 17.0 Å². The zero-order valence-corrected chi connectivity index (χ0v) is 12.5. The summed E-state index contributed by atoms with van der Waals surface area (Å²) in [6, 6.07) is 8.20. The van der Waals surface area contributed by atoms with Gasteiger partial charge in [0, 0.05) is 20.6 Å². The second-order valence-electron chi connectivity index (χ2n) is 4.68. The molecule has 0 radical (unpaired) electrons. The third kappa shape index (κ3) is 3.10. The molecule has 1 aliphatic rings. The minimum Gasteiger partial charge on any atom is -0.485 e. The Balaban J connectivity index is 2.09. The zero-order chi connectivity index (χ0) is 13.8. The maximum absolute atomic E-state index is 6.06. The highest BCUT2D eigenvalue weighted by Gasteiger charge is 2.25. The third-order valence-electron chi connectivity index (χ3n) is 3.34. The smallest absolute Gasteiger partial charge is 0.168 e. The minimum absolute atomic E-state index is 0.131. The number of hydrogen-bond acceptors (Lipinski definition) is 3. The molecule has 0 spiro atoms. The molecule has 0 aliphatic carbocycles. The van der Waals surface area contributed by atoms with Crippen molar-refractivity contribution in [2.45, 2.75) is 13.0 Å². The molecule has 1 aliphatic heterocycles. The molecule has 0 bridgehead atoms. The Morgan fingerprint density at radius 2 is 2.26 bits per heavy atom. The molecule has 1 atom stereocenters. The normalized spacial score (nSPS) is 17.4. The van der Waals surface area contributed by atoms with Gasteiger partial charge in [-0.25, -0.2) is 0 Å².